The number of aliphatic hydroxyl groups excluding tert-OH is 1. The number of fused-ring (bicyclic) bond motifs is 1. The molecule has 3 saturated heterocycles. The summed E-state index contributed by atoms with van der Waals surface area (Å²) in [6.45, 7) is 6.47. The normalized spacial score (nSPS) is 28.9. The van der Waals surface area contributed by atoms with Crippen molar-refractivity contribution < 1.29 is 24.6 Å². The Balaban J connectivity index is 1.73. The monoisotopic (exact) mass is 520 g/mol. The number of carbonyl (C=O) groups excluding carboxylic acids is 2. The van der Waals surface area contributed by atoms with Crippen LogP contribution in [-0.2, 0) is 14.4 Å². The van der Waals surface area contributed by atoms with Crippen LogP contribution in [0.2, 0.25) is 5.02 Å². The lowest BCUT2D eigenvalue weighted by Gasteiger charge is -2.37. The molecule has 3 fully saturated rings. The Morgan fingerprint density at radius 1 is 1.31 bits per heavy atom. The zero-order valence-electron chi connectivity index (χ0n) is 20.0. The van der Waals surface area contributed by atoms with Crippen molar-refractivity contribution in [2.45, 2.75) is 61.5 Å². The van der Waals surface area contributed by atoms with Gasteiger partial charge in [-0.15, -0.1) is 18.3 Å². The maximum absolute atomic E-state index is 14.4. The van der Waals surface area contributed by atoms with Gasteiger partial charge < -0.3 is 20.0 Å². The molecule has 4 rings (SSSR count). The maximum Gasteiger partial charge on any atom is 0.308 e. The number of rotatable bonds is 11. The van der Waals surface area contributed by atoms with Gasteiger partial charge in [0.15, 0.2) is 0 Å². The molecule has 2 N–H and O–H groups in total. The van der Waals surface area contributed by atoms with Crippen LogP contribution in [0, 0.1) is 18.8 Å². The minimum absolute atomic E-state index is 0.126. The van der Waals surface area contributed by atoms with Gasteiger partial charge in [0.25, 0.3) is 5.91 Å². The number of para-hydroxylation sites is 1. The smallest absolute Gasteiger partial charge is 0.308 e. The summed E-state index contributed by atoms with van der Waals surface area (Å²) in [5.41, 5.74) is 1.44. The topological polar surface area (TPSA) is 98.2 Å². The number of benzene rings is 1. The number of hydrogen-bond acceptors (Lipinski definition) is 5. The second-order valence-electron chi connectivity index (χ2n) is 9.71. The van der Waals surface area contributed by atoms with Crippen molar-refractivity contribution in [1.29, 1.82) is 0 Å². The van der Waals surface area contributed by atoms with Crippen LogP contribution < -0.4 is 4.90 Å². The highest BCUT2D eigenvalue weighted by atomic mass is 35.5. The number of unbranched alkanes of at least 4 members (excludes halogenated alkanes) is 3. The van der Waals surface area contributed by atoms with Crippen LogP contribution >= 0.6 is 23.4 Å². The van der Waals surface area contributed by atoms with E-state index in [-0.39, 0.29) is 30.2 Å². The number of thioether (sulfide) groups is 1. The summed E-state index contributed by atoms with van der Waals surface area (Å²) >= 11 is 8.08. The van der Waals surface area contributed by atoms with Crippen molar-refractivity contribution in [3.05, 3.63) is 41.4 Å². The third kappa shape index (κ3) is 4.38. The molecule has 1 aromatic rings. The Kier molecular flexibility index (Phi) is 7.83. The Morgan fingerprint density at radius 3 is 2.71 bits per heavy atom. The van der Waals surface area contributed by atoms with E-state index in [1.165, 1.54) is 11.8 Å². The van der Waals surface area contributed by atoms with Gasteiger partial charge in [-0.1, -0.05) is 42.7 Å². The van der Waals surface area contributed by atoms with Crippen LogP contribution in [-0.4, -0.2) is 68.6 Å². The fourth-order valence-electron chi connectivity index (χ4n) is 6.24. The summed E-state index contributed by atoms with van der Waals surface area (Å²) in [5.74, 6) is -2.88. The van der Waals surface area contributed by atoms with E-state index in [4.69, 9.17) is 16.7 Å². The molecule has 0 aliphatic carbocycles. The molecule has 3 heterocycles. The molecule has 2 unspecified atom stereocenters. The SMILES string of the molecule is C=CCN(C(=O)C1N(CCCCCCO)C(=O)[C@@H]2[C@H](C(=O)O)[C@@H]3CCC12S3)c1c(C)cccc1Cl. The van der Waals surface area contributed by atoms with Gasteiger partial charge in [-0.3, -0.25) is 14.4 Å². The van der Waals surface area contributed by atoms with Gasteiger partial charge in [-0.05, 0) is 44.2 Å². The predicted molar refractivity (Wildman–Crippen MR) is 138 cm³/mol. The summed E-state index contributed by atoms with van der Waals surface area (Å²) in [5, 5.41) is 19.3. The van der Waals surface area contributed by atoms with Gasteiger partial charge in [0.1, 0.15) is 6.04 Å². The molecule has 3 aliphatic rings. The number of aliphatic hydroxyl groups is 1. The van der Waals surface area contributed by atoms with E-state index in [1.807, 2.05) is 19.1 Å². The van der Waals surface area contributed by atoms with Crippen LogP contribution in [0.15, 0.2) is 30.9 Å². The number of likely N-dealkylation sites (tertiary alicyclic amines) is 1. The third-order valence-corrected chi connectivity index (χ3v) is 9.92. The van der Waals surface area contributed by atoms with Gasteiger partial charge >= 0.3 is 5.97 Å². The Hall–Kier alpha value is -2.03. The average Bonchev–Trinajstić information content (AvgIpc) is 3.45. The lowest BCUT2D eigenvalue weighted by molar-refractivity contribution is -0.148. The standard InChI is InChI=1S/C26H33ClN2O5S/c1-3-13-28(21-16(2)9-8-10-17(21)27)24(32)22-26-12-11-18(35-26)19(25(33)34)20(26)23(31)29(22)14-6-4-5-7-15-30/h3,8-10,18-20,22,30H,1,4-7,11-15H2,2H3,(H,33,34)/t18-,19+,20-,22?,26?/m0/s1. The summed E-state index contributed by atoms with van der Waals surface area (Å²) in [6.07, 6.45) is 6.01. The van der Waals surface area contributed by atoms with E-state index in [0.29, 0.717) is 42.9 Å². The van der Waals surface area contributed by atoms with Gasteiger partial charge in [-0.25, -0.2) is 0 Å². The maximum atomic E-state index is 14.4. The number of hydrogen-bond donors (Lipinski definition) is 2. The lowest BCUT2D eigenvalue weighted by Crippen LogP contribution is -2.55. The number of anilines is 1. The van der Waals surface area contributed by atoms with Crippen molar-refractivity contribution in [1.82, 2.24) is 4.90 Å². The van der Waals surface area contributed by atoms with Crippen molar-refractivity contribution in [3.63, 3.8) is 0 Å². The quantitative estimate of drug-likeness (QED) is 0.339. The number of carboxylic acids is 1. The Bertz CT molecular complexity index is 999. The molecule has 9 heteroatoms. The number of carboxylic acid groups (broad SMARTS) is 1. The van der Waals surface area contributed by atoms with Gasteiger partial charge in [-0.2, -0.15) is 0 Å². The minimum atomic E-state index is -0.955. The molecular formula is C26H33ClN2O5S. The van der Waals surface area contributed by atoms with Crippen LogP contribution in [0.1, 0.15) is 44.1 Å². The number of aliphatic carboxylic acids is 1. The molecular weight excluding hydrogens is 488 g/mol. The first-order valence-electron chi connectivity index (χ1n) is 12.3. The van der Waals surface area contributed by atoms with Gasteiger partial charge in [0.2, 0.25) is 5.91 Å². The highest BCUT2D eigenvalue weighted by molar-refractivity contribution is 8.02. The molecule has 1 aromatic carbocycles. The van der Waals surface area contributed by atoms with Crippen LogP contribution in [0.25, 0.3) is 0 Å². The van der Waals surface area contributed by atoms with E-state index >= 15 is 0 Å². The van der Waals surface area contributed by atoms with Crippen LogP contribution in [0.4, 0.5) is 5.69 Å². The first-order valence-corrected chi connectivity index (χ1v) is 13.5. The predicted octanol–water partition coefficient (Wildman–Crippen LogP) is 3.90. The molecule has 3 aliphatic heterocycles. The Morgan fingerprint density at radius 2 is 2.06 bits per heavy atom. The molecule has 7 nitrogen and oxygen atoms in total. The second kappa shape index (κ2) is 10.5. The van der Waals surface area contributed by atoms with Crippen LogP contribution in [0.3, 0.4) is 0 Å². The molecule has 1 spiro atoms. The molecule has 190 valence electrons. The number of nitrogens with zero attached hydrogens (tertiary/aromatic N) is 2. The fraction of sp³-hybridized carbons (Fsp3) is 0.577. The third-order valence-electron chi connectivity index (χ3n) is 7.66. The molecule has 0 saturated carbocycles. The Labute approximate surface area is 215 Å². The molecule has 2 amide bonds. The van der Waals surface area contributed by atoms with Crippen molar-refractivity contribution >= 4 is 46.8 Å². The molecule has 2 bridgehead atoms. The zero-order valence-corrected chi connectivity index (χ0v) is 21.6. The fourth-order valence-corrected chi connectivity index (χ4v) is 8.77. The van der Waals surface area contributed by atoms with E-state index in [9.17, 15) is 19.5 Å². The van der Waals surface area contributed by atoms with Crippen LogP contribution in [0.5, 0.6) is 0 Å². The first-order chi connectivity index (χ1) is 16.8. The summed E-state index contributed by atoms with van der Waals surface area (Å²) in [6, 6.07) is 4.70. The summed E-state index contributed by atoms with van der Waals surface area (Å²) in [4.78, 5) is 43.6. The molecule has 35 heavy (non-hydrogen) atoms. The number of amides is 2. The van der Waals surface area contributed by atoms with Crippen molar-refractivity contribution in [3.8, 4) is 0 Å². The minimum Gasteiger partial charge on any atom is -0.481 e. The van der Waals surface area contributed by atoms with E-state index in [1.54, 1.807) is 21.9 Å². The summed E-state index contributed by atoms with van der Waals surface area (Å²) < 4.78 is -0.748. The number of aryl methyl sites for hydroxylation is 1. The largest absolute Gasteiger partial charge is 0.481 e. The van der Waals surface area contributed by atoms with E-state index in [0.717, 1.165) is 18.4 Å². The first kappa shape index (κ1) is 26.0. The van der Waals surface area contributed by atoms with E-state index < -0.39 is 28.6 Å². The number of carbonyl (C=O) groups is 3. The molecule has 5 atom stereocenters. The summed E-state index contributed by atoms with van der Waals surface area (Å²) in [7, 11) is 0. The van der Waals surface area contributed by atoms with Crippen molar-refractivity contribution in [2.75, 3.05) is 24.6 Å². The number of halogens is 1. The highest BCUT2D eigenvalue weighted by Gasteiger charge is 2.74. The average molecular weight is 521 g/mol. The second-order valence-corrected chi connectivity index (χ2v) is 11.7. The van der Waals surface area contributed by atoms with Gasteiger partial charge in [0.05, 0.1) is 27.3 Å². The molecule has 0 radical (unpaired) electrons. The van der Waals surface area contributed by atoms with Gasteiger partial charge in [0, 0.05) is 24.9 Å². The highest BCUT2D eigenvalue weighted by Crippen LogP contribution is 2.66. The van der Waals surface area contributed by atoms with E-state index in [2.05, 4.69) is 6.58 Å². The lowest BCUT2D eigenvalue weighted by atomic mass is 9.71. The zero-order chi connectivity index (χ0) is 25.3. The molecule has 0 aromatic heterocycles. The van der Waals surface area contributed by atoms with Crippen molar-refractivity contribution in [2.24, 2.45) is 11.8 Å².